The number of aliphatic hydroxyl groups is 1. The molecular formula is C6H11NO3. The molecule has 2 atom stereocenters. The van der Waals surface area contributed by atoms with Crippen molar-refractivity contribution in [2.45, 2.75) is 25.0 Å². The van der Waals surface area contributed by atoms with Crippen molar-refractivity contribution in [1.29, 1.82) is 0 Å². The number of carboxylic acids is 1. The number of carboxylic acid groups (broad SMARTS) is 1. The number of rotatable bonds is 2. The normalized spacial score (nSPS) is 32.5. The zero-order chi connectivity index (χ0) is 7.56. The van der Waals surface area contributed by atoms with E-state index in [1.165, 1.54) is 0 Å². The predicted octanol–water partition coefficient (Wildman–Crippen LogP) is -0.816. The molecule has 0 spiro atoms. The molecule has 4 heteroatoms. The van der Waals surface area contributed by atoms with Gasteiger partial charge in [-0.2, -0.15) is 0 Å². The molecule has 0 amide bonds. The highest BCUT2D eigenvalue weighted by Crippen LogP contribution is 2.08. The van der Waals surface area contributed by atoms with Crippen LogP contribution in [0.25, 0.3) is 0 Å². The topological polar surface area (TPSA) is 69.6 Å². The lowest BCUT2D eigenvalue weighted by Crippen LogP contribution is -2.24. The summed E-state index contributed by atoms with van der Waals surface area (Å²) in [5, 5.41) is 20.2. The van der Waals surface area contributed by atoms with E-state index in [2.05, 4.69) is 5.32 Å². The zero-order valence-corrected chi connectivity index (χ0v) is 5.58. The molecule has 0 saturated carbocycles. The Hall–Kier alpha value is -0.610. The molecular weight excluding hydrogens is 134 g/mol. The quantitative estimate of drug-likeness (QED) is 0.475. The third-order valence-electron chi connectivity index (χ3n) is 1.62. The average molecular weight is 145 g/mol. The lowest BCUT2D eigenvalue weighted by Gasteiger charge is -2.03. The third-order valence-corrected chi connectivity index (χ3v) is 1.62. The van der Waals surface area contributed by atoms with Gasteiger partial charge < -0.3 is 15.5 Å². The first-order valence-corrected chi connectivity index (χ1v) is 3.31. The van der Waals surface area contributed by atoms with Gasteiger partial charge in [-0.1, -0.05) is 0 Å². The molecule has 1 aliphatic rings. The van der Waals surface area contributed by atoms with Gasteiger partial charge in [0.15, 0.2) is 0 Å². The molecule has 58 valence electrons. The van der Waals surface area contributed by atoms with E-state index in [0.29, 0.717) is 13.0 Å². The second-order valence-electron chi connectivity index (χ2n) is 2.59. The maximum Gasteiger partial charge on any atom is 0.304 e. The number of carbonyl (C=O) groups is 1. The Morgan fingerprint density at radius 3 is 2.80 bits per heavy atom. The molecule has 0 radical (unpaired) electrons. The van der Waals surface area contributed by atoms with Crippen LogP contribution in [-0.2, 0) is 4.79 Å². The van der Waals surface area contributed by atoms with E-state index in [4.69, 9.17) is 10.2 Å². The van der Waals surface area contributed by atoms with Crippen LogP contribution in [0.3, 0.4) is 0 Å². The SMILES string of the molecule is O=C(O)CC1C[C@H](O)CN1. The van der Waals surface area contributed by atoms with Gasteiger partial charge in [-0.25, -0.2) is 0 Å². The highest BCUT2D eigenvalue weighted by Gasteiger charge is 2.23. The first-order chi connectivity index (χ1) is 4.68. The fourth-order valence-electron chi connectivity index (χ4n) is 1.16. The zero-order valence-electron chi connectivity index (χ0n) is 5.58. The predicted molar refractivity (Wildman–Crippen MR) is 34.7 cm³/mol. The van der Waals surface area contributed by atoms with Crippen molar-refractivity contribution in [1.82, 2.24) is 5.32 Å². The van der Waals surface area contributed by atoms with Crippen LogP contribution in [0, 0.1) is 0 Å². The number of β-amino-alcohol motifs (C(OH)–C–C–N with tert-alkyl or cyclic N) is 1. The second-order valence-corrected chi connectivity index (χ2v) is 2.59. The summed E-state index contributed by atoms with van der Waals surface area (Å²) in [4.78, 5) is 10.1. The number of hydrogen-bond acceptors (Lipinski definition) is 3. The molecule has 0 aromatic rings. The molecule has 0 aromatic carbocycles. The van der Waals surface area contributed by atoms with E-state index in [0.717, 1.165) is 0 Å². The Kier molecular flexibility index (Phi) is 2.24. The summed E-state index contributed by atoms with van der Waals surface area (Å²) in [6, 6.07) is -0.0347. The molecule has 1 rings (SSSR count). The summed E-state index contributed by atoms with van der Waals surface area (Å²) < 4.78 is 0. The van der Waals surface area contributed by atoms with Gasteiger partial charge in [0.25, 0.3) is 0 Å². The maximum absolute atomic E-state index is 10.1. The molecule has 1 unspecified atom stereocenters. The molecule has 1 saturated heterocycles. The van der Waals surface area contributed by atoms with Crippen molar-refractivity contribution in [3.8, 4) is 0 Å². The molecule has 1 fully saturated rings. The first-order valence-electron chi connectivity index (χ1n) is 3.31. The van der Waals surface area contributed by atoms with Crippen molar-refractivity contribution >= 4 is 5.97 Å². The number of nitrogens with one attached hydrogen (secondary N) is 1. The monoisotopic (exact) mass is 145 g/mol. The molecule has 1 aliphatic heterocycles. The van der Waals surface area contributed by atoms with Crippen molar-refractivity contribution < 1.29 is 15.0 Å². The van der Waals surface area contributed by atoms with Gasteiger partial charge in [0.1, 0.15) is 0 Å². The van der Waals surface area contributed by atoms with Crippen LogP contribution in [-0.4, -0.2) is 34.9 Å². The summed E-state index contributed by atoms with van der Waals surface area (Å²) in [5.41, 5.74) is 0. The van der Waals surface area contributed by atoms with Crippen molar-refractivity contribution in [2.24, 2.45) is 0 Å². The summed E-state index contributed by atoms with van der Waals surface area (Å²) in [6.45, 7) is 0.526. The number of aliphatic hydroxyl groups excluding tert-OH is 1. The largest absolute Gasteiger partial charge is 0.481 e. The van der Waals surface area contributed by atoms with Crippen LogP contribution in [0.2, 0.25) is 0 Å². The Morgan fingerprint density at radius 1 is 1.70 bits per heavy atom. The van der Waals surface area contributed by atoms with Gasteiger partial charge in [0, 0.05) is 12.6 Å². The van der Waals surface area contributed by atoms with E-state index in [1.807, 2.05) is 0 Å². The molecule has 0 aromatic heterocycles. The van der Waals surface area contributed by atoms with Crippen LogP contribution < -0.4 is 5.32 Å². The highest BCUT2D eigenvalue weighted by atomic mass is 16.4. The molecule has 0 aliphatic carbocycles. The van der Waals surface area contributed by atoms with Gasteiger partial charge >= 0.3 is 5.97 Å². The second kappa shape index (κ2) is 2.98. The minimum atomic E-state index is -0.813. The van der Waals surface area contributed by atoms with Crippen LogP contribution in [0.4, 0.5) is 0 Å². The van der Waals surface area contributed by atoms with Gasteiger partial charge in [0.2, 0.25) is 0 Å². The molecule has 1 heterocycles. The number of aliphatic carboxylic acids is 1. The summed E-state index contributed by atoms with van der Waals surface area (Å²) in [6.07, 6.45) is 0.313. The van der Waals surface area contributed by atoms with Crippen molar-refractivity contribution in [3.63, 3.8) is 0 Å². The van der Waals surface area contributed by atoms with Gasteiger partial charge in [-0.3, -0.25) is 4.79 Å². The van der Waals surface area contributed by atoms with Crippen LogP contribution in [0.5, 0.6) is 0 Å². The smallest absolute Gasteiger partial charge is 0.304 e. The van der Waals surface area contributed by atoms with E-state index < -0.39 is 5.97 Å². The lowest BCUT2D eigenvalue weighted by atomic mass is 10.1. The molecule has 10 heavy (non-hydrogen) atoms. The fourth-order valence-corrected chi connectivity index (χ4v) is 1.16. The van der Waals surface area contributed by atoms with Gasteiger partial charge in [-0.05, 0) is 6.42 Å². The molecule has 4 nitrogen and oxygen atoms in total. The minimum absolute atomic E-state index is 0.0347. The van der Waals surface area contributed by atoms with E-state index >= 15 is 0 Å². The Morgan fingerprint density at radius 2 is 2.40 bits per heavy atom. The summed E-state index contributed by atoms with van der Waals surface area (Å²) in [7, 11) is 0. The van der Waals surface area contributed by atoms with Crippen molar-refractivity contribution in [3.05, 3.63) is 0 Å². The highest BCUT2D eigenvalue weighted by molar-refractivity contribution is 5.67. The maximum atomic E-state index is 10.1. The number of hydrogen-bond donors (Lipinski definition) is 3. The van der Waals surface area contributed by atoms with E-state index in [-0.39, 0.29) is 18.6 Å². The van der Waals surface area contributed by atoms with Crippen LogP contribution >= 0.6 is 0 Å². The van der Waals surface area contributed by atoms with Gasteiger partial charge in [0.05, 0.1) is 12.5 Å². The standard InChI is InChI=1S/C6H11NO3/c8-5-1-4(7-3-5)2-6(9)10/h4-5,7-8H,1-3H2,(H,9,10)/t4?,5-/m0/s1. The summed E-state index contributed by atoms with van der Waals surface area (Å²) >= 11 is 0. The lowest BCUT2D eigenvalue weighted by molar-refractivity contribution is -0.137. The Balaban J connectivity index is 2.24. The Bertz CT molecular complexity index is 137. The first kappa shape index (κ1) is 7.50. The minimum Gasteiger partial charge on any atom is -0.481 e. The molecule has 3 N–H and O–H groups in total. The summed E-state index contributed by atoms with van der Waals surface area (Å²) in [5.74, 6) is -0.813. The van der Waals surface area contributed by atoms with E-state index in [9.17, 15) is 4.79 Å². The Labute approximate surface area is 58.9 Å². The molecule has 0 bridgehead atoms. The average Bonchev–Trinajstić information content (AvgIpc) is 2.13. The van der Waals surface area contributed by atoms with Crippen LogP contribution in [0.1, 0.15) is 12.8 Å². The van der Waals surface area contributed by atoms with E-state index in [1.54, 1.807) is 0 Å². The van der Waals surface area contributed by atoms with Crippen molar-refractivity contribution in [2.75, 3.05) is 6.54 Å². The fraction of sp³-hybridized carbons (Fsp3) is 0.833. The van der Waals surface area contributed by atoms with Crippen LogP contribution in [0.15, 0.2) is 0 Å². The van der Waals surface area contributed by atoms with Gasteiger partial charge in [-0.15, -0.1) is 0 Å². The third kappa shape index (κ3) is 1.97.